The van der Waals surface area contributed by atoms with Crippen molar-refractivity contribution in [1.29, 1.82) is 0 Å². The second-order valence-corrected chi connectivity index (χ2v) is 11.6. The quantitative estimate of drug-likeness (QED) is 0.323. The Labute approximate surface area is 200 Å². The van der Waals surface area contributed by atoms with Crippen molar-refractivity contribution in [2.45, 2.75) is 44.9 Å². The normalized spacial score (nSPS) is 16.6. The predicted octanol–water partition coefficient (Wildman–Crippen LogP) is 4.60. The van der Waals surface area contributed by atoms with Crippen LogP contribution in [-0.2, 0) is 9.84 Å². The molecule has 2 aromatic carbocycles. The van der Waals surface area contributed by atoms with Crippen LogP contribution in [0.15, 0.2) is 42.5 Å². The Kier molecular flexibility index (Phi) is 7.36. The smallest absolute Gasteiger partial charge is 0.261 e. The molecule has 6 nitrogen and oxygen atoms in total. The molecular weight excluding hydrogens is 457 g/mol. The van der Waals surface area contributed by atoms with Crippen molar-refractivity contribution < 1.29 is 27.1 Å². The Morgan fingerprint density at radius 2 is 1.71 bits per heavy atom. The van der Waals surface area contributed by atoms with Gasteiger partial charge >= 0.3 is 0 Å². The lowest BCUT2D eigenvalue weighted by Crippen LogP contribution is -2.30. The number of nitrogens with zero attached hydrogens (tertiary/aromatic N) is 1. The van der Waals surface area contributed by atoms with Gasteiger partial charge in [-0.2, -0.15) is 0 Å². The topological polar surface area (TPSA) is 80.8 Å². The van der Waals surface area contributed by atoms with E-state index < -0.39 is 15.7 Å². The third-order valence-electron chi connectivity index (χ3n) is 6.41. The summed E-state index contributed by atoms with van der Waals surface area (Å²) in [6, 6.07) is 11.3. The SMILES string of the molecule is C[C@@H](CS(=O)(=O)CCCCCN1C(=O)c2ccccc2C1=O)c1ccc(F)c(OCC2CC2)c1. The Bertz CT molecular complexity index is 1140. The van der Waals surface area contributed by atoms with Crippen LogP contribution >= 0.6 is 0 Å². The van der Waals surface area contributed by atoms with E-state index in [1.165, 1.54) is 11.0 Å². The van der Waals surface area contributed by atoms with Gasteiger partial charge in [-0.05, 0) is 67.3 Å². The minimum absolute atomic E-state index is 0.0287. The van der Waals surface area contributed by atoms with Gasteiger partial charge in [-0.3, -0.25) is 14.5 Å². The minimum atomic E-state index is -3.31. The molecule has 1 heterocycles. The lowest BCUT2D eigenvalue weighted by molar-refractivity contribution is 0.0651. The summed E-state index contributed by atoms with van der Waals surface area (Å²) in [4.78, 5) is 26.0. The van der Waals surface area contributed by atoms with Crippen LogP contribution in [0.5, 0.6) is 5.75 Å². The van der Waals surface area contributed by atoms with Crippen molar-refractivity contribution in [3.8, 4) is 5.75 Å². The summed E-state index contributed by atoms with van der Waals surface area (Å²) in [6.07, 6.45) is 3.81. The number of unbranched alkanes of at least 4 members (excludes halogenated alkanes) is 2. The standard InChI is InChI=1S/C26H30FNO5S/c1-18(20-11-12-23(27)24(15-20)33-16-19-9-10-19)17-34(31,32)14-6-2-5-13-28-25(29)21-7-3-4-8-22(21)26(28)30/h3-4,7-8,11-12,15,18-19H,2,5-6,9-10,13-14,16-17H2,1H3/t18-/m0/s1. The lowest BCUT2D eigenvalue weighted by atomic mass is 10.0. The molecule has 0 bridgehead atoms. The highest BCUT2D eigenvalue weighted by Gasteiger charge is 2.34. The molecule has 0 radical (unpaired) electrons. The lowest BCUT2D eigenvalue weighted by Gasteiger charge is -2.15. The monoisotopic (exact) mass is 487 g/mol. The maximum absolute atomic E-state index is 14.0. The zero-order chi connectivity index (χ0) is 24.3. The van der Waals surface area contributed by atoms with Crippen molar-refractivity contribution in [1.82, 2.24) is 4.90 Å². The largest absolute Gasteiger partial charge is 0.490 e. The molecule has 4 rings (SSSR count). The number of benzene rings is 2. The molecule has 2 aliphatic rings. The number of ether oxygens (including phenoxy) is 1. The molecule has 0 spiro atoms. The van der Waals surface area contributed by atoms with E-state index in [4.69, 9.17) is 4.74 Å². The molecule has 1 fully saturated rings. The van der Waals surface area contributed by atoms with Crippen molar-refractivity contribution in [3.05, 3.63) is 65.0 Å². The van der Waals surface area contributed by atoms with E-state index in [1.807, 2.05) is 6.92 Å². The van der Waals surface area contributed by atoms with Crippen LogP contribution in [0.25, 0.3) is 0 Å². The van der Waals surface area contributed by atoms with E-state index in [0.29, 0.717) is 42.9 Å². The Morgan fingerprint density at radius 3 is 2.35 bits per heavy atom. The van der Waals surface area contributed by atoms with Gasteiger partial charge in [0.25, 0.3) is 11.8 Å². The Morgan fingerprint density at radius 1 is 1.03 bits per heavy atom. The fourth-order valence-electron chi connectivity index (χ4n) is 4.20. The number of hydrogen-bond acceptors (Lipinski definition) is 5. The predicted molar refractivity (Wildman–Crippen MR) is 127 cm³/mol. The van der Waals surface area contributed by atoms with Gasteiger partial charge in [-0.1, -0.05) is 31.5 Å². The molecule has 0 N–H and O–H groups in total. The first-order chi connectivity index (χ1) is 16.2. The van der Waals surface area contributed by atoms with E-state index in [-0.39, 0.29) is 41.5 Å². The maximum Gasteiger partial charge on any atom is 0.261 e. The number of fused-ring (bicyclic) bond motifs is 1. The molecule has 2 aromatic rings. The number of halogens is 1. The molecule has 2 amide bonds. The van der Waals surface area contributed by atoms with Crippen LogP contribution in [0, 0.1) is 11.7 Å². The van der Waals surface area contributed by atoms with Crippen molar-refractivity contribution in [2.75, 3.05) is 24.7 Å². The molecular formula is C26H30FNO5S. The van der Waals surface area contributed by atoms with Crippen LogP contribution in [0.3, 0.4) is 0 Å². The minimum Gasteiger partial charge on any atom is -0.490 e. The van der Waals surface area contributed by atoms with Gasteiger partial charge < -0.3 is 4.74 Å². The van der Waals surface area contributed by atoms with E-state index in [2.05, 4.69) is 0 Å². The Balaban J connectivity index is 1.22. The maximum atomic E-state index is 14.0. The van der Waals surface area contributed by atoms with Gasteiger partial charge in [0.2, 0.25) is 0 Å². The van der Waals surface area contributed by atoms with Crippen LogP contribution in [-0.4, -0.2) is 49.8 Å². The fraction of sp³-hybridized carbons (Fsp3) is 0.462. The molecule has 182 valence electrons. The van der Waals surface area contributed by atoms with Gasteiger partial charge in [0.1, 0.15) is 0 Å². The summed E-state index contributed by atoms with van der Waals surface area (Å²) < 4.78 is 44.9. The number of carbonyl (C=O) groups is 2. The van der Waals surface area contributed by atoms with E-state index in [9.17, 15) is 22.4 Å². The van der Waals surface area contributed by atoms with E-state index in [0.717, 1.165) is 18.4 Å². The summed E-state index contributed by atoms with van der Waals surface area (Å²) in [6.45, 7) is 2.59. The molecule has 1 saturated carbocycles. The fourth-order valence-corrected chi connectivity index (χ4v) is 5.97. The van der Waals surface area contributed by atoms with Gasteiger partial charge in [-0.25, -0.2) is 12.8 Å². The van der Waals surface area contributed by atoms with Gasteiger partial charge in [0, 0.05) is 6.54 Å². The molecule has 0 unspecified atom stereocenters. The van der Waals surface area contributed by atoms with Gasteiger partial charge in [-0.15, -0.1) is 0 Å². The van der Waals surface area contributed by atoms with E-state index in [1.54, 1.807) is 36.4 Å². The van der Waals surface area contributed by atoms with E-state index >= 15 is 0 Å². The third-order valence-corrected chi connectivity index (χ3v) is 8.33. The number of carbonyl (C=O) groups excluding carboxylic acids is 2. The van der Waals surface area contributed by atoms with Crippen molar-refractivity contribution >= 4 is 21.7 Å². The summed E-state index contributed by atoms with van der Waals surface area (Å²) in [5, 5.41) is 0. The molecule has 0 saturated heterocycles. The van der Waals surface area contributed by atoms with Crippen LogP contribution < -0.4 is 4.74 Å². The second kappa shape index (κ2) is 10.3. The summed E-state index contributed by atoms with van der Waals surface area (Å²) in [7, 11) is -3.31. The van der Waals surface area contributed by atoms with Crippen molar-refractivity contribution in [2.24, 2.45) is 5.92 Å². The zero-order valence-electron chi connectivity index (χ0n) is 19.3. The average Bonchev–Trinajstić information content (AvgIpc) is 3.60. The molecule has 8 heteroatoms. The summed E-state index contributed by atoms with van der Waals surface area (Å²) >= 11 is 0. The third kappa shape index (κ3) is 5.84. The first kappa shape index (κ1) is 24.4. The molecule has 34 heavy (non-hydrogen) atoms. The molecule has 0 aromatic heterocycles. The average molecular weight is 488 g/mol. The molecule has 1 aliphatic heterocycles. The highest BCUT2D eigenvalue weighted by molar-refractivity contribution is 7.91. The first-order valence-electron chi connectivity index (χ1n) is 11.8. The van der Waals surface area contributed by atoms with Crippen LogP contribution in [0.2, 0.25) is 0 Å². The number of imide groups is 1. The number of hydrogen-bond donors (Lipinski definition) is 0. The Hall–Kier alpha value is -2.74. The van der Waals surface area contributed by atoms with Crippen molar-refractivity contribution in [3.63, 3.8) is 0 Å². The van der Waals surface area contributed by atoms with Gasteiger partial charge in [0.05, 0.1) is 29.2 Å². The highest BCUT2D eigenvalue weighted by atomic mass is 32.2. The number of amides is 2. The van der Waals surface area contributed by atoms with Crippen LogP contribution in [0.4, 0.5) is 4.39 Å². The highest BCUT2D eigenvalue weighted by Crippen LogP contribution is 2.31. The number of rotatable bonds is 12. The zero-order valence-corrected chi connectivity index (χ0v) is 20.2. The molecule has 1 aliphatic carbocycles. The first-order valence-corrected chi connectivity index (χ1v) is 13.6. The molecule has 1 atom stereocenters. The number of sulfone groups is 1. The summed E-state index contributed by atoms with van der Waals surface area (Å²) in [5.41, 5.74) is 1.58. The van der Waals surface area contributed by atoms with Crippen LogP contribution in [0.1, 0.15) is 71.2 Å². The summed E-state index contributed by atoms with van der Waals surface area (Å²) in [5.74, 6) is -0.613. The van der Waals surface area contributed by atoms with Gasteiger partial charge in [0.15, 0.2) is 21.4 Å². The second-order valence-electron chi connectivity index (χ2n) is 9.33.